The van der Waals surface area contributed by atoms with E-state index in [0.717, 1.165) is 23.1 Å². The molecule has 0 spiro atoms. The number of carbonyl (C=O) groups excluding carboxylic acids is 2. The summed E-state index contributed by atoms with van der Waals surface area (Å²) in [6, 6.07) is 20.9. The van der Waals surface area contributed by atoms with Crippen LogP contribution >= 0.6 is 0 Å². The Morgan fingerprint density at radius 2 is 1.93 bits per heavy atom. The van der Waals surface area contributed by atoms with Gasteiger partial charge in [-0.15, -0.1) is 0 Å². The topological polar surface area (TPSA) is 104 Å². The summed E-state index contributed by atoms with van der Waals surface area (Å²) >= 11 is 0. The molecule has 0 bridgehead atoms. The second kappa shape index (κ2) is 12.1. The molecule has 2 unspecified atom stereocenters. The number of para-hydroxylation sites is 1. The van der Waals surface area contributed by atoms with Crippen LogP contribution in [-0.4, -0.2) is 62.2 Å². The van der Waals surface area contributed by atoms with Gasteiger partial charge in [0.05, 0.1) is 25.2 Å². The lowest BCUT2D eigenvalue weighted by atomic mass is 9.87. The Balaban J connectivity index is 1.38. The van der Waals surface area contributed by atoms with Crippen molar-refractivity contribution in [3.8, 4) is 17.6 Å². The van der Waals surface area contributed by atoms with Crippen molar-refractivity contribution in [3.05, 3.63) is 78.8 Å². The summed E-state index contributed by atoms with van der Waals surface area (Å²) in [6.07, 6.45) is 6.06. The number of ether oxygens (including phenoxy) is 1. The van der Waals surface area contributed by atoms with E-state index in [2.05, 4.69) is 23.1 Å². The average molecular weight is 550 g/mol. The number of amides is 1. The van der Waals surface area contributed by atoms with Gasteiger partial charge < -0.3 is 9.64 Å². The molecule has 1 amide bonds. The molecule has 2 aromatic carbocycles. The first kappa shape index (κ1) is 27.7. The van der Waals surface area contributed by atoms with Gasteiger partial charge >= 0.3 is 5.82 Å². The third-order valence-electron chi connectivity index (χ3n) is 7.75. The zero-order valence-electron chi connectivity index (χ0n) is 23.5. The summed E-state index contributed by atoms with van der Waals surface area (Å²) in [5.74, 6) is 1.87. The summed E-state index contributed by atoms with van der Waals surface area (Å²) in [5, 5.41) is 9.69. The van der Waals surface area contributed by atoms with Gasteiger partial charge in [-0.25, -0.2) is 4.58 Å². The fourth-order valence-corrected chi connectivity index (χ4v) is 5.28. The number of nitriles is 1. The van der Waals surface area contributed by atoms with Gasteiger partial charge in [0.2, 0.25) is 18.1 Å². The van der Waals surface area contributed by atoms with Crippen LogP contribution in [0.5, 0.6) is 11.5 Å². The minimum Gasteiger partial charge on any atom is -0.457 e. The Morgan fingerprint density at radius 1 is 1.15 bits per heavy atom. The average Bonchev–Trinajstić information content (AvgIpc) is 3.42. The highest BCUT2D eigenvalue weighted by Gasteiger charge is 2.30. The number of benzene rings is 2. The van der Waals surface area contributed by atoms with Crippen LogP contribution in [-0.2, 0) is 4.79 Å². The van der Waals surface area contributed by atoms with Crippen LogP contribution in [0.2, 0.25) is 0 Å². The molecule has 2 aromatic heterocycles. The highest BCUT2D eigenvalue weighted by atomic mass is 16.5. The van der Waals surface area contributed by atoms with E-state index in [-0.39, 0.29) is 24.2 Å². The van der Waals surface area contributed by atoms with E-state index in [0.29, 0.717) is 36.2 Å². The molecule has 9 heteroatoms. The van der Waals surface area contributed by atoms with Gasteiger partial charge in [-0.1, -0.05) is 37.3 Å². The Bertz CT molecular complexity index is 1640. The summed E-state index contributed by atoms with van der Waals surface area (Å²) in [5.41, 5.74) is 1.37. The van der Waals surface area contributed by atoms with E-state index in [1.54, 1.807) is 15.7 Å². The van der Waals surface area contributed by atoms with Crippen LogP contribution in [0.1, 0.15) is 43.0 Å². The summed E-state index contributed by atoms with van der Waals surface area (Å²) in [4.78, 5) is 36.7. The minimum absolute atomic E-state index is 0.103. The lowest BCUT2D eigenvalue weighted by molar-refractivity contribution is -0.405. The molecule has 1 aliphatic heterocycles. The number of carbonyl (C=O) groups is 2. The molecule has 5 rings (SSSR count). The van der Waals surface area contributed by atoms with Crippen molar-refractivity contribution >= 4 is 34.9 Å². The number of likely N-dealkylation sites (tertiary alicyclic amines) is 1. The Morgan fingerprint density at radius 3 is 2.71 bits per heavy atom. The van der Waals surface area contributed by atoms with Crippen molar-refractivity contribution < 1.29 is 18.9 Å². The Hall–Kier alpha value is -4.84. The fraction of sp³-hybridized carbons (Fsp3) is 0.312. The number of piperidine rings is 1. The van der Waals surface area contributed by atoms with Crippen LogP contribution in [0.25, 0.3) is 11.0 Å². The molecule has 0 aliphatic carbocycles. The molecule has 4 aromatic rings. The van der Waals surface area contributed by atoms with Crippen LogP contribution in [0, 0.1) is 23.2 Å². The van der Waals surface area contributed by atoms with Crippen molar-refractivity contribution in [3.63, 3.8) is 0 Å². The minimum atomic E-state index is -0.437. The fourth-order valence-electron chi connectivity index (χ4n) is 5.28. The third-order valence-corrected chi connectivity index (χ3v) is 7.75. The zero-order valence-corrected chi connectivity index (χ0v) is 23.5. The molecule has 9 nitrogen and oxygen atoms in total. The smallest absolute Gasteiger partial charge is 0.335 e. The van der Waals surface area contributed by atoms with Gasteiger partial charge in [-0.05, 0) is 60.1 Å². The van der Waals surface area contributed by atoms with E-state index < -0.39 is 5.92 Å². The van der Waals surface area contributed by atoms with Crippen LogP contribution < -0.4 is 4.74 Å². The number of nitrogens with zero attached hydrogens (tertiary/aromatic N) is 6. The van der Waals surface area contributed by atoms with E-state index >= 15 is 0 Å². The molecular weight excluding hydrogens is 516 g/mol. The number of aromatic nitrogens is 3. The number of hydrogen-bond acceptors (Lipinski definition) is 6. The SMILES string of the molecule is CC(C(=O)n1ccc2c(/[N+](C)=C/C3CN(C(=O)CC#N)CC[C@H]3C)ncnc21)c1cccc(Oc2ccccc2)c1. The van der Waals surface area contributed by atoms with E-state index in [4.69, 9.17) is 10.00 Å². The second-order valence-corrected chi connectivity index (χ2v) is 10.5. The summed E-state index contributed by atoms with van der Waals surface area (Å²) < 4.78 is 9.50. The van der Waals surface area contributed by atoms with E-state index in [1.807, 2.05) is 85.3 Å². The molecular formula is C32H33N6O3+. The number of fused-ring (bicyclic) bond motifs is 1. The lowest BCUT2D eigenvalue weighted by Crippen LogP contribution is -2.44. The van der Waals surface area contributed by atoms with Gasteiger partial charge in [-0.2, -0.15) is 10.2 Å². The largest absolute Gasteiger partial charge is 0.457 e. The molecule has 208 valence electrons. The van der Waals surface area contributed by atoms with Gasteiger partial charge in [-0.3, -0.25) is 14.2 Å². The maximum atomic E-state index is 13.7. The first-order valence-corrected chi connectivity index (χ1v) is 13.8. The van der Waals surface area contributed by atoms with Gasteiger partial charge in [0.15, 0.2) is 5.65 Å². The first-order chi connectivity index (χ1) is 19.9. The Kier molecular flexibility index (Phi) is 8.20. The third kappa shape index (κ3) is 6.02. The maximum absolute atomic E-state index is 13.7. The molecule has 3 heterocycles. The highest BCUT2D eigenvalue weighted by Crippen LogP contribution is 2.29. The van der Waals surface area contributed by atoms with E-state index in [9.17, 15) is 9.59 Å². The van der Waals surface area contributed by atoms with Gasteiger partial charge in [0, 0.05) is 25.2 Å². The lowest BCUT2D eigenvalue weighted by Gasteiger charge is -2.34. The first-order valence-electron chi connectivity index (χ1n) is 13.8. The van der Waals surface area contributed by atoms with Gasteiger partial charge in [0.1, 0.15) is 23.3 Å². The molecule has 3 atom stereocenters. The van der Waals surface area contributed by atoms with Crippen LogP contribution in [0.4, 0.5) is 5.82 Å². The monoisotopic (exact) mass is 549 g/mol. The van der Waals surface area contributed by atoms with Crippen LogP contribution in [0.15, 0.2) is 73.2 Å². The normalized spacial score (nSPS) is 18.1. The molecule has 1 aliphatic rings. The highest BCUT2D eigenvalue weighted by molar-refractivity contribution is 5.96. The maximum Gasteiger partial charge on any atom is 0.335 e. The molecule has 0 radical (unpaired) electrons. The molecule has 1 fully saturated rings. The molecule has 41 heavy (non-hydrogen) atoms. The molecule has 1 saturated heterocycles. The summed E-state index contributed by atoms with van der Waals surface area (Å²) in [7, 11) is 1.92. The van der Waals surface area contributed by atoms with Gasteiger partial charge in [0.25, 0.3) is 0 Å². The van der Waals surface area contributed by atoms with Crippen LogP contribution in [0.3, 0.4) is 0 Å². The Labute approximate surface area is 239 Å². The van der Waals surface area contributed by atoms with Crippen molar-refractivity contribution in [2.24, 2.45) is 11.8 Å². The second-order valence-electron chi connectivity index (χ2n) is 10.5. The van der Waals surface area contributed by atoms with Crippen molar-refractivity contribution in [1.29, 1.82) is 5.26 Å². The standard InChI is InChI=1S/C32H33N6O3/c1-22-13-16-37(29(39)12-15-33)20-25(22)19-36(3)30-28-14-17-38(31(28)35-21-34-30)32(40)23(2)24-8-7-11-27(18-24)41-26-9-5-4-6-10-26/h4-11,14,17-19,21-23,25H,12-13,16,20H2,1-3H3/q+1/b36-19+/t22-,23?,25?/m1/s1. The van der Waals surface area contributed by atoms with Crippen molar-refractivity contribution in [2.45, 2.75) is 32.6 Å². The zero-order chi connectivity index (χ0) is 28.9. The molecule has 0 N–H and O–H groups in total. The predicted octanol–water partition coefficient (Wildman–Crippen LogP) is 5.41. The van der Waals surface area contributed by atoms with Crippen molar-refractivity contribution in [1.82, 2.24) is 19.4 Å². The summed E-state index contributed by atoms with van der Waals surface area (Å²) in [6.45, 7) is 5.27. The molecule has 0 saturated carbocycles. The quantitative estimate of drug-likeness (QED) is 0.226. The predicted molar refractivity (Wildman–Crippen MR) is 156 cm³/mol. The number of hydrogen-bond donors (Lipinski definition) is 0. The van der Waals surface area contributed by atoms with E-state index in [1.165, 1.54) is 6.33 Å². The van der Waals surface area contributed by atoms with Crippen molar-refractivity contribution in [2.75, 3.05) is 20.1 Å². The number of rotatable bonds is 7.